The molecule has 0 aliphatic rings. The molecule has 0 aliphatic carbocycles. The molecule has 0 bridgehead atoms. The summed E-state index contributed by atoms with van der Waals surface area (Å²) in [5.74, 6) is 0. The highest BCUT2D eigenvalue weighted by atomic mass is 14.9. The summed E-state index contributed by atoms with van der Waals surface area (Å²) in [6.45, 7) is 4.45. The Morgan fingerprint density at radius 2 is 2.36 bits per heavy atom. The van der Waals surface area contributed by atoms with E-state index in [4.69, 9.17) is 11.0 Å². The zero-order chi connectivity index (χ0) is 10.4. The van der Waals surface area contributed by atoms with Crippen LogP contribution in [-0.2, 0) is 0 Å². The van der Waals surface area contributed by atoms with Crippen LogP contribution in [0.15, 0.2) is 30.9 Å². The van der Waals surface area contributed by atoms with Gasteiger partial charge in [-0.25, -0.2) is 0 Å². The van der Waals surface area contributed by atoms with Crippen LogP contribution in [0, 0.1) is 11.3 Å². The predicted octanol–water partition coefficient (Wildman–Crippen LogP) is 2.13. The molecule has 1 rings (SSSR count). The maximum absolute atomic E-state index is 8.74. The van der Waals surface area contributed by atoms with Crippen molar-refractivity contribution in [2.75, 3.05) is 17.6 Å². The van der Waals surface area contributed by atoms with Crippen LogP contribution in [0.2, 0.25) is 0 Å². The van der Waals surface area contributed by atoms with Crippen LogP contribution in [0.5, 0.6) is 0 Å². The van der Waals surface area contributed by atoms with Gasteiger partial charge in [-0.15, -0.1) is 6.58 Å². The van der Waals surface area contributed by atoms with Crippen LogP contribution >= 0.6 is 0 Å². The molecule has 72 valence electrons. The van der Waals surface area contributed by atoms with Crippen LogP contribution in [0.1, 0.15) is 12.0 Å². The fraction of sp³-hybridized carbons (Fsp3) is 0.182. The van der Waals surface area contributed by atoms with Crippen molar-refractivity contribution in [3.63, 3.8) is 0 Å². The molecule has 3 heteroatoms. The van der Waals surface area contributed by atoms with Crippen molar-refractivity contribution in [2.45, 2.75) is 6.42 Å². The second-order valence-electron chi connectivity index (χ2n) is 2.92. The third-order valence-electron chi connectivity index (χ3n) is 1.85. The highest BCUT2D eigenvalue weighted by Crippen LogP contribution is 2.16. The molecule has 14 heavy (non-hydrogen) atoms. The van der Waals surface area contributed by atoms with E-state index in [2.05, 4.69) is 11.9 Å². The highest BCUT2D eigenvalue weighted by Gasteiger charge is 1.98. The number of hydrogen-bond acceptors (Lipinski definition) is 3. The van der Waals surface area contributed by atoms with E-state index in [1.54, 1.807) is 12.1 Å². The minimum Gasteiger partial charge on any atom is -0.398 e. The Bertz CT molecular complexity index is 363. The van der Waals surface area contributed by atoms with Gasteiger partial charge in [-0.3, -0.25) is 0 Å². The lowest BCUT2D eigenvalue weighted by atomic mass is 10.2. The molecule has 0 saturated heterocycles. The Labute approximate surface area is 83.8 Å². The van der Waals surface area contributed by atoms with E-state index in [1.165, 1.54) is 0 Å². The van der Waals surface area contributed by atoms with Gasteiger partial charge >= 0.3 is 0 Å². The van der Waals surface area contributed by atoms with Crippen LogP contribution < -0.4 is 11.1 Å². The van der Waals surface area contributed by atoms with Gasteiger partial charge in [0.05, 0.1) is 5.56 Å². The first-order valence-corrected chi connectivity index (χ1v) is 4.42. The van der Waals surface area contributed by atoms with Crippen molar-refractivity contribution in [1.82, 2.24) is 0 Å². The largest absolute Gasteiger partial charge is 0.398 e. The van der Waals surface area contributed by atoms with Gasteiger partial charge in [0.1, 0.15) is 6.07 Å². The average Bonchev–Trinajstić information content (AvgIpc) is 2.21. The molecule has 0 fully saturated rings. The van der Waals surface area contributed by atoms with E-state index in [1.807, 2.05) is 18.2 Å². The molecule has 0 aliphatic heterocycles. The van der Waals surface area contributed by atoms with Crippen molar-refractivity contribution >= 4 is 11.4 Å². The van der Waals surface area contributed by atoms with E-state index in [9.17, 15) is 0 Å². The Morgan fingerprint density at radius 1 is 1.57 bits per heavy atom. The van der Waals surface area contributed by atoms with Gasteiger partial charge in [-0.1, -0.05) is 6.08 Å². The Hall–Kier alpha value is -1.95. The summed E-state index contributed by atoms with van der Waals surface area (Å²) in [5.41, 5.74) is 7.53. The van der Waals surface area contributed by atoms with Crippen LogP contribution in [-0.4, -0.2) is 6.54 Å². The molecular weight excluding hydrogens is 174 g/mol. The molecule has 0 radical (unpaired) electrons. The molecule has 1 aromatic carbocycles. The van der Waals surface area contributed by atoms with Crippen LogP contribution in [0.3, 0.4) is 0 Å². The fourth-order valence-corrected chi connectivity index (χ4v) is 1.08. The van der Waals surface area contributed by atoms with Gasteiger partial charge in [0.15, 0.2) is 0 Å². The monoisotopic (exact) mass is 187 g/mol. The van der Waals surface area contributed by atoms with Gasteiger partial charge in [0.2, 0.25) is 0 Å². The van der Waals surface area contributed by atoms with E-state index in [-0.39, 0.29) is 0 Å². The standard InChI is InChI=1S/C11H13N3/c1-2-3-6-14-10-4-5-11(13)9(7-10)8-12/h2,4-5,7,14H,1,3,6,13H2. The van der Waals surface area contributed by atoms with Gasteiger partial charge in [0, 0.05) is 17.9 Å². The lowest BCUT2D eigenvalue weighted by molar-refractivity contribution is 1.07. The van der Waals surface area contributed by atoms with Gasteiger partial charge in [0.25, 0.3) is 0 Å². The molecule has 0 atom stereocenters. The number of nitriles is 1. The Kier molecular flexibility index (Phi) is 3.57. The quantitative estimate of drug-likeness (QED) is 0.431. The van der Waals surface area contributed by atoms with Gasteiger partial charge in [-0.05, 0) is 24.6 Å². The molecule has 0 unspecified atom stereocenters. The highest BCUT2D eigenvalue weighted by molar-refractivity contribution is 5.61. The molecule has 3 N–H and O–H groups in total. The summed E-state index contributed by atoms with van der Waals surface area (Å²) >= 11 is 0. The number of hydrogen-bond donors (Lipinski definition) is 2. The van der Waals surface area contributed by atoms with E-state index in [0.717, 1.165) is 18.7 Å². The van der Waals surface area contributed by atoms with E-state index < -0.39 is 0 Å². The molecular formula is C11H13N3. The predicted molar refractivity (Wildman–Crippen MR) is 58.9 cm³/mol. The summed E-state index contributed by atoms with van der Waals surface area (Å²) in [6.07, 6.45) is 2.74. The zero-order valence-corrected chi connectivity index (χ0v) is 7.96. The molecule has 0 saturated carbocycles. The molecule has 0 aromatic heterocycles. The summed E-state index contributed by atoms with van der Waals surface area (Å²) in [7, 11) is 0. The van der Waals surface area contributed by atoms with Crippen molar-refractivity contribution in [2.24, 2.45) is 0 Å². The SMILES string of the molecule is C=CCCNc1ccc(N)c(C#N)c1. The lowest BCUT2D eigenvalue weighted by Crippen LogP contribution is -2.01. The first kappa shape index (κ1) is 10.1. The average molecular weight is 187 g/mol. The van der Waals surface area contributed by atoms with Crippen molar-refractivity contribution in [3.8, 4) is 6.07 Å². The van der Waals surface area contributed by atoms with Crippen LogP contribution in [0.4, 0.5) is 11.4 Å². The number of anilines is 2. The lowest BCUT2D eigenvalue weighted by Gasteiger charge is -2.05. The third-order valence-corrected chi connectivity index (χ3v) is 1.85. The first-order chi connectivity index (χ1) is 6.77. The normalized spacial score (nSPS) is 9.07. The first-order valence-electron chi connectivity index (χ1n) is 4.42. The minimum atomic E-state index is 0.508. The topological polar surface area (TPSA) is 61.8 Å². The molecule has 0 amide bonds. The van der Waals surface area contributed by atoms with E-state index >= 15 is 0 Å². The Morgan fingerprint density at radius 3 is 3.00 bits per heavy atom. The minimum absolute atomic E-state index is 0.508. The van der Waals surface area contributed by atoms with Crippen LogP contribution in [0.25, 0.3) is 0 Å². The zero-order valence-electron chi connectivity index (χ0n) is 7.96. The maximum Gasteiger partial charge on any atom is 0.101 e. The van der Waals surface area contributed by atoms with Crippen molar-refractivity contribution < 1.29 is 0 Å². The number of nitrogens with two attached hydrogens (primary N) is 1. The fourth-order valence-electron chi connectivity index (χ4n) is 1.08. The number of nitrogens with one attached hydrogen (secondary N) is 1. The second-order valence-corrected chi connectivity index (χ2v) is 2.92. The van der Waals surface area contributed by atoms with Crippen molar-refractivity contribution in [3.05, 3.63) is 36.4 Å². The maximum atomic E-state index is 8.74. The summed E-state index contributed by atoms with van der Waals surface area (Å²) < 4.78 is 0. The summed E-state index contributed by atoms with van der Waals surface area (Å²) in [5, 5.41) is 11.9. The number of nitrogen functional groups attached to an aromatic ring is 1. The van der Waals surface area contributed by atoms with Crippen molar-refractivity contribution in [1.29, 1.82) is 5.26 Å². The summed E-state index contributed by atoms with van der Waals surface area (Å²) in [4.78, 5) is 0. The third kappa shape index (κ3) is 2.53. The molecule has 1 aromatic rings. The number of nitrogens with zero attached hydrogens (tertiary/aromatic N) is 1. The Balaban J connectivity index is 2.70. The van der Waals surface area contributed by atoms with E-state index in [0.29, 0.717) is 11.3 Å². The van der Waals surface area contributed by atoms with Gasteiger partial charge < -0.3 is 11.1 Å². The molecule has 0 spiro atoms. The van der Waals surface area contributed by atoms with Gasteiger partial charge in [-0.2, -0.15) is 5.26 Å². The number of benzene rings is 1. The molecule has 0 heterocycles. The smallest absolute Gasteiger partial charge is 0.101 e. The molecule has 3 nitrogen and oxygen atoms in total. The summed E-state index contributed by atoms with van der Waals surface area (Å²) in [6, 6.07) is 7.38. The second kappa shape index (κ2) is 4.93. The number of rotatable bonds is 4.